The first kappa shape index (κ1) is 12.6. The first-order valence-electron chi connectivity index (χ1n) is 5.77. The summed E-state index contributed by atoms with van der Waals surface area (Å²) in [5.74, 6) is 0. The Kier molecular flexibility index (Phi) is 3.01. The highest BCUT2D eigenvalue weighted by molar-refractivity contribution is 9.10. The van der Waals surface area contributed by atoms with Gasteiger partial charge in [-0.2, -0.15) is 0 Å². The summed E-state index contributed by atoms with van der Waals surface area (Å²) in [6, 6.07) is 3.28. The highest BCUT2D eigenvalue weighted by Gasteiger charge is 2.64. The molecule has 1 aromatic heterocycles. The van der Waals surface area contributed by atoms with Gasteiger partial charge >= 0.3 is 0 Å². The molecule has 0 bridgehead atoms. The quantitative estimate of drug-likeness (QED) is 0.860. The zero-order chi connectivity index (χ0) is 12.1. The van der Waals surface area contributed by atoms with Gasteiger partial charge in [-0.1, -0.05) is 27.7 Å². The molecule has 1 aliphatic carbocycles. The van der Waals surface area contributed by atoms with Crippen LogP contribution in [0.5, 0.6) is 0 Å². The highest BCUT2D eigenvalue weighted by atomic mass is 79.9. The Morgan fingerprint density at radius 1 is 1.31 bits per heavy atom. The summed E-state index contributed by atoms with van der Waals surface area (Å²) in [4.78, 5) is 1.41. The molecule has 1 aromatic rings. The first-order valence-corrected chi connectivity index (χ1v) is 7.44. The van der Waals surface area contributed by atoms with E-state index in [4.69, 9.17) is 0 Å². The van der Waals surface area contributed by atoms with Crippen molar-refractivity contribution in [1.29, 1.82) is 0 Å². The molecule has 1 saturated carbocycles. The minimum Gasteiger partial charge on any atom is -0.306 e. The van der Waals surface area contributed by atoms with Gasteiger partial charge in [-0.15, -0.1) is 11.3 Å². The van der Waals surface area contributed by atoms with Crippen molar-refractivity contribution in [3.05, 3.63) is 20.8 Å². The van der Waals surface area contributed by atoms with Crippen LogP contribution in [0.1, 0.15) is 45.5 Å². The Morgan fingerprint density at radius 3 is 2.25 bits per heavy atom. The van der Waals surface area contributed by atoms with Crippen LogP contribution in [-0.2, 0) is 0 Å². The summed E-state index contributed by atoms with van der Waals surface area (Å²) in [6.45, 7) is 11.6. The number of hydrogen-bond donors (Lipinski definition) is 1. The van der Waals surface area contributed by atoms with Crippen LogP contribution in [0.25, 0.3) is 0 Å². The number of halogens is 1. The Labute approximate surface area is 111 Å². The third-order valence-corrected chi connectivity index (χ3v) is 6.33. The van der Waals surface area contributed by atoms with E-state index in [1.54, 1.807) is 0 Å². The van der Waals surface area contributed by atoms with Crippen molar-refractivity contribution < 1.29 is 0 Å². The number of rotatable bonds is 3. The molecule has 0 aromatic carbocycles. The van der Waals surface area contributed by atoms with Gasteiger partial charge in [0.05, 0.1) is 0 Å². The van der Waals surface area contributed by atoms with Gasteiger partial charge in [0.1, 0.15) is 0 Å². The van der Waals surface area contributed by atoms with Crippen molar-refractivity contribution in [1.82, 2.24) is 5.32 Å². The van der Waals surface area contributed by atoms with Crippen molar-refractivity contribution in [2.75, 3.05) is 0 Å². The third-order valence-electron chi connectivity index (χ3n) is 4.45. The van der Waals surface area contributed by atoms with E-state index in [9.17, 15) is 0 Å². The monoisotopic (exact) mass is 301 g/mol. The Hall–Kier alpha value is 0.140. The summed E-state index contributed by atoms with van der Waals surface area (Å²) < 4.78 is 1.19. The van der Waals surface area contributed by atoms with Crippen molar-refractivity contribution in [3.8, 4) is 0 Å². The van der Waals surface area contributed by atoms with Crippen LogP contribution in [-0.4, -0.2) is 6.04 Å². The summed E-state index contributed by atoms with van der Waals surface area (Å²) >= 11 is 5.33. The molecule has 0 saturated heterocycles. The maximum Gasteiger partial charge on any atom is 0.0389 e. The number of hydrogen-bond acceptors (Lipinski definition) is 2. The van der Waals surface area contributed by atoms with Crippen LogP contribution in [0.4, 0.5) is 0 Å². The molecular weight excluding hydrogens is 282 g/mol. The molecule has 1 fully saturated rings. The molecular formula is C13H20BrNS. The predicted molar refractivity (Wildman–Crippen MR) is 74.9 cm³/mol. The fourth-order valence-corrected chi connectivity index (χ4v) is 3.96. The normalized spacial score (nSPS) is 24.4. The maximum atomic E-state index is 3.75. The smallest absolute Gasteiger partial charge is 0.0389 e. The summed E-state index contributed by atoms with van der Waals surface area (Å²) in [6.07, 6.45) is 0. The zero-order valence-electron chi connectivity index (χ0n) is 10.6. The second-order valence-electron chi connectivity index (χ2n) is 5.93. The van der Waals surface area contributed by atoms with Crippen molar-refractivity contribution >= 4 is 27.3 Å². The molecule has 0 spiro atoms. The predicted octanol–water partition coefficient (Wildman–Crippen LogP) is 4.60. The second-order valence-corrected chi connectivity index (χ2v) is 7.79. The van der Waals surface area contributed by atoms with Gasteiger partial charge in [-0.25, -0.2) is 0 Å². The van der Waals surface area contributed by atoms with Crippen molar-refractivity contribution in [2.24, 2.45) is 10.8 Å². The van der Waals surface area contributed by atoms with Gasteiger partial charge in [-0.3, -0.25) is 0 Å². The molecule has 0 radical (unpaired) electrons. The van der Waals surface area contributed by atoms with Gasteiger partial charge in [0.25, 0.3) is 0 Å². The van der Waals surface area contributed by atoms with E-state index < -0.39 is 0 Å². The zero-order valence-corrected chi connectivity index (χ0v) is 13.0. The molecule has 1 atom stereocenters. The fourth-order valence-electron chi connectivity index (χ4n) is 2.50. The van der Waals surface area contributed by atoms with Crippen LogP contribution < -0.4 is 5.32 Å². The lowest BCUT2D eigenvalue weighted by Crippen LogP contribution is -2.25. The minimum absolute atomic E-state index is 0.412. The van der Waals surface area contributed by atoms with E-state index in [1.807, 2.05) is 11.3 Å². The third kappa shape index (κ3) is 1.87. The molecule has 1 nitrogen and oxygen atoms in total. The van der Waals surface area contributed by atoms with E-state index in [1.165, 1.54) is 9.35 Å². The van der Waals surface area contributed by atoms with E-state index >= 15 is 0 Å². The average Bonchev–Trinajstić information content (AvgIpc) is 2.58. The van der Waals surface area contributed by atoms with Crippen LogP contribution >= 0.6 is 27.3 Å². The molecule has 1 aliphatic rings. The molecule has 0 aliphatic heterocycles. The van der Waals surface area contributed by atoms with Crippen LogP contribution in [0.15, 0.2) is 15.9 Å². The second kappa shape index (κ2) is 3.82. The Morgan fingerprint density at radius 2 is 1.88 bits per heavy atom. The molecule has 1 unspecified atom stereocenters. The first-order chi connectivity index (χ1) is 7.26. The van der Waals surface area contributed by atoms with Gasteiger partial charge in [0.15, 0.2) is 0 Å². The fraction of sp³-hybridized carbons (Fsp3) is 0.692. The minimum atomic E-state index is 0.412. The number of thiophene rings is 1. The summed E-state index contributed by atoms with van der Waals surface area (Å²) in [5.41, 5.74) is 0.825. The van der Waals surface area contributed by atoms with Gasteiger partial charge < -0.3 is 5.32 Å². The van der Waals surface area contributed by atoms with E-state index in [-0.39, 0.29) is 0 Å². The summed E-state index contributed by atoms with van der Waals surface area (Å²) in [7, 11) is 0. The van der Waals surface area contributed by atoms with Crippen molar-refractivity contribution in [3.63, 3.8) is 0 Å². The van der Waals surface area contributed by atoms with Gasteiger partial charge in [0.2, 0.25) is 0 Å². The SMILES string of the molecule is CC(NC1C(C)(C)C1(C)C)c1cc(Br)cs1. The molecule has 16 heavy (non-hydrogen) atoms. The van der Waals surface area contributed by atoms with E-state index in [2.05, 4.69) is 67.3 Å². The molecule has 3 heteroatoms. The van der Waals surface area contributed by atoms with Crippen LogP contribution in [0.2, 0.25) is 0 Å². The van der Waals surface area contributed by atoms with Gasteiger partial charge in [0, 0.05) is 26.8 Å². The Bertz CT molecular complexity index is 380. The van der Waals surface area contributed by atoms with Crippen LogP contribution in [0.3, 0.4) is 0 Å². The summed E-state index contributed by atoms with van der Waals surface area (Å²) in [5, 5.41) is 5.90. The molecule has 90 valence electrons. The average molecular weight is 302 g/mol. The molecule has 2 rings (SSSR count). The lowest BCUT2D eigenvalue weighted by atomic mass is 10.0. The Balaban J connectivity index is 2.03. The highest BCUT2D eigenvalue weighted by Crippen LogP contribution is 2.63. The number of nitrogens with one attached hydrogen (secondary N) is 1. The lowest BCUT2D eigenvalue weighted by Gasteiger charge is -2.13. The van der Waals surface area contributed by atoms with E-state index in [0.717, 1.165) is 0 Å². The molecule has 1 N–H and O–H groups in total. The molecule has 0 amide bonds. The largest absolute Gasteiger partial charge is 0.306 e. The lowest BCUT2D eigenvalue weighted by molar-refractivity contribution is 0.457. The molecule has 1 heterocycles. The van der Waals surface area contributed by atoms with E-state index in [0.29, 0.717) is 22.9 Å². The van der Waals surface area contributed by atoms with Crippen LogP contribution in [0, 0.1) is 10.8 Å². The van der Waals surface area contributed by atoms with Crippen molar-refractivity contribution in [2.45, 2.75) is 46.7 Å². The van der Waals surface area contributed by atoms with Gasteiger partial charge in [-0.05, 0) is 39.8 Å². The maximum absolute atomic E-state index is 3.75. The topological polar surface area (TPSA) is 12.0 Å². The standard InChI is InChI=1S/C13H20BrNS/c1-8(10-6-9(14)7-16-10)15-11-12(2,3)13(11,4)5/h6-8,11,15H,1-5H3.